The van der Waals surface area contributed by atoms with Crippen LogP contribution in [0, 0.1) is 6.92 Å². The van der Waals surface area contributed by atoms with Crippen molar-refractivity contribution < 1.29 is 8.42 Å². The lowest BCUT2D eigenvalue weighted by atomic mass is 10.2. The second-order valence-corrected chi connectivity index (χ2v) is 4.84. The van der Waals surface area contributed by atoms with Gasteiger partial charge in [0.1, 0.15) is 0 Å². The van der Waals surface area contributed by atoms with Gasteiger partial charge in [0.05, 0.1) is 5.75 Å². The highest BCUT2D eigenvalue weighted by molar-refractivity contribution is 7.88. The van der Waals surface area contributed by atoms with E-state index in [0.717, 1.165) is 5.56 Å². The Balaban J connectivity index is 2.65. The van der Waals surface area contributed by atoms with Crippen LogP contribution in [0.5, 0.6) is 0 Å². The molecule has 0 saturated heterocycles. The van der Waals surface area contributed by atoms with Crippen LogP contribution in [0.4, 0.5) is 0 Å². The van der Waals surface area contributed by atoms with Gasteiger partial charge < -0.3 is 0 Å². The lowest BCUT2D eigenvalue weighted by molar-refractivity contribution is 0.500. The molecule has 7 heteroatoms. The van der Waals surface area contributed by atoms with Crippen molar-refractivity contribution in [2.75, 3.05) is 0 Å². The Bertz CT molecular complexity index is 401. The topological polar surface area (TPSA) is 96.2 Å². The van der Waals surface area contributed by atoms with E-state index in [1.165, 1.54) is 0 Å². The molecule has 1 rings (SSSR count). The van der Waals surface area contributed by atoms with Crippen molar-refractivity contribution in [3.8, 4) is 0 Å². The SMILES string of the molecule is Cc1ccc(CS(=O)(=O)NNNN)cc1. The number of aryl methyl sites for hydroxylation is 1. The fourth-order valence-electron chi connectivity index (χ4n) is 1.05. The maximum absolute atomic E-state index is 11.4. The Morgan fingerprint density at radius 2 is 1.87 bits per heavy atom. The first-order valence-electron chi connectivity index (χ1n) is 4.29. The molecule has 0 aromatic heterocycles. The molecule has 0 fully saturated rings. The molecule has 84 valence electrons. The van der Waals surface area contributed by atoms with E-state index in [1.807, 2.05) is 24.6 Å². The third-order valence-electron chi connectivity index (χ3n) is 1.76. The van der Waals surface area contributed by atoms with Gasteiger partial charge >= 0.3 is 0 Å². The van der Waals surface area contributed by atoms with Gasteiger partial charge in [-0.1, -0.05) is 29.8 Å². The quantitative estimate of drug-likeness (QED) is 0.396. The Morgan fingerprint density at radius 3 is 2.40 bits per heavy atom. The number of nitrogens with two attached hydrogens (primary N) is 1. The molecule has 0 amide bonds. The minimum Gasteiger partial charge on any atom is -0.257 e. The monoisotopic (exact) mass is 230 g/mol. The molecule has 1 aromatic carbocycles. The van der Waals surface area contributed by atoms with E-state index in [4.69, 9.17) is 5.84 Å². The molecular weight excluding hydrogens is 216 g/mol. The Hall–Kier alpha value is -0.990. The predicted molar refractivity (Wildman–Crippen MR) is 57.4 cm³/mol. The maximum atomic E-state index is 11.4. The van der Waals surface area contributed by atoms with Crippen LogP contribution in [0.1, 0.15) is 11.1 Å². The summed E-state index contributed by atoms with van der Waals surface area (Å²) in [5, 5.41) is 0. The van der Waals surface area contributed by atoms with E-state index in [9.17, 15) is 8.42 Å². The molecule has 0 aliphatic carbocycles. The van der Waals surface area contributed by atoms with Gasteiger partial charge in [0.15, 0.2) is 0 Å². The molecule has 0 unspecified atom stereocenters. The largest absolute Gasteiger partial charge is 0.257 e. The van der Waals surface area contributed by atoms with Crippen LogP contribution in [-0.4, -0.2) is 8.42 Å². The van der Waals surface area contributed by atoms with Crippen LogP contribution >= 0.6 is 0 Å². The summed E-state index contributed by atoms with van der Waals surface area (Å²) in [6.07, 6.45) is 0. The van der Waals surface area contributed by atoms with Crippen LogP contribution in [0.25, 0.3) is 0 Å². The van der Waals surface area contributed by atoms with E-state index in [0.29, 0.717) is 5.56 Å². The lowest BCUT2D eigenvalue weighted by Crippen LogP contribution is -2.50. The molecule has 0 heterocycles. The van der Waals surface area contributed by atoms with Crippen molar-refractivity contribution in [1.29, 1.82) is 0 Å². The summed E-state index contributed by atoms with van der Waals surface area (Å²) in [6.45, 7) is 1.94. The summed E-state index contributed by atoms with van der Waals surface area (Å²) in [5.41, 5.74) is 5.89. The average molecular weight is 230 g/mol. The first kappa shape index (κ1) is 12.1. The molecule has 6 nitrogen and oxygen atoms in total. The number of hydrogen-bond acceptors (Lipinski definition) is 5. The van der Waals surface area contributed by atoms with Crippen molar-refractivity contribution in [2.24, 2.45) is 5.84 Å². The smallest absolute Gasteiger partial charge is 0.229 e. The summed E-state index contributed by atoms with van der Waals surface area (Å²) >= 11 is 0. The molecule has 0 atom stereocenters. The van der Waals surface area contributed by atoms with Gasteiger partial charge in [-0.25, -0.2) is 8.42 Å². The fraction of sp³-hybridized carbons (Fsp3) is 0.250. The van der Waals surface area contributed by atoms with Gasteiger partial charge in [-0.05, 0) is 12.5 Å². The Kier molecular flexibility index (Phi) is 4.18. The number of hydrogen-bond donors (Lipinski definition) is 4. The second-order valence-electron chi connectivity index (χ2n) is 3.12. The minimum atomic E-state index is -3.41. The van der Waals surface area contributed by atoms with Crippen LogP contribution in [-0.2, 0) is 15.8 Å². The normalized spacial score (nSPS) is 11.6. The van der Waals surface area contributed by atoms with E-state index in [-0.39, 0.29) is 5.75 Å². The molecule has 0 saturated carbocycles. The molecule has 1 aromatic rings. The van der Waals surface area contributed by atoms with Gasteiger partial charge in [0.2, 0.25) is 10.0 Å². The van der Waals surface area contributed by atoms with Gasteiger partial charge in [0.25, 0.3) is 0 Å². The van der Waals surface area contributed by atoms with E-state index < -0.39 is 10.0 Å². The molecule has 15 heavy (non-hydrogen) atoms. The van der Waals surface area contributed by atoms with Crippen molar-refractivity contribution >= 4 is 10.0 Å². The van der Waals surface area contributed by atoms with Crippen molar-refractivity contribution in [2.45, 2.75) is 12.7 Å². The predicted octanol–water partition coefficient (Wildman–Crippen LogP) is -0.703. The number of hydrazine groups is 3. The third-order valence-corrected chi connectivity index (χ3v) is 2.88. The molecule has 0 spiro atoms. The van der Waals surface area contributed by atoms with Crippen LogP contribution < -0.4 is 21.7 Å². The van der Waals surface area contributed by atoms with Gasteiger partial charge in [-0.15, -0.1) is 4.83 Å². The van der Waals surface area contributed by atoms with Crippen molar-refractivity contribution in [1.82, 2.24) is 15.9 Å². The van der Waals surface area contributed by atoms with Gasteiger partial charge in [-0.3, -0.25) is 5.84 Å². The summed E-state index contributed by atoms with van der Waals surface area (Å²) in [4.78, 5) is 2.06. The number of benzene rings is 1. The zero-order valence-electron chi connectivity index (χ0n) is 8.32. The van der Waals surface area contributed by atoms with E-state index in [2.05, 4.69) is 10.4 Å². The Morgan fingerprint density at radius 1 is 1.27 bits per heavy atom. The third kappa shape index (κ3) is 4.36. The van der Waals surface area contributed by atoms with Crippen LogP contribution in [0.3, 0.4) is 0 Å². The maximum Gasteiger partial charge on any atom is 0.229 e. The summed E-state index contributed by atoms with van der Waals surface area (Å²) in [6, 6.07) is 7.26. The van der Waals surface area contributed by atoms with Crippen LogP contribution in [0.2, 0.25) is 0 Å². The zero-order valence-corrected chi connectivity index (χ0v) is 9.14. The molecule has 0 bridgehead atoms. The zero-order chi connectivity index (χ0) is 11.3. The first-order chi connectivity index (χ1) is 7.03. The molecule has 5 N–H and O–H groups in total. The highest BCUT2D eigenvalue weighted by atomic mass is 32.2. The highest BCUT2D eigenvalue weighted by Crippen LogP contribution is 2.06. The van der Waals surface area contributed by atoms with E-state index in [1.54, 1.807) is 12.1 Å². The summed E-state index contributed by atoms with van der Waals surface area (Å²) in [5.74, 6) is 4.77. The Labute approximate surface area is 88.8 Å². The van der Waals surface area contributed by atoms with Gasteiger partial charge in [-0.2, -0.15) is 11.1 Å². The molecular formula is C8H14N4O2S. The first-order valence-corrected chi connectivity index (χ1v) is 5.94. The fourth-order valence-corrected chi connectivity index (χ4v) is 1.96. The summed E-state index contributed by atoms with van der Waals surface area (Å²) in [7, 11) is -3.41. The standard InChI is InChI=1S/C8H14N4O2S/c1-7-2-4-8(5-3-7)6-15(13,14)12-11-10-9/h2-5,10-12H,6,9H2,1H3. The van der Waals surface area contributed by atoms with Crippen molar-refractivity contribution in [3.05, 3.63) is 35.4 Å². The highest BCUT2D eigenvalue weighted by Gasteiger charge is 2.09. The van der Waals surface area contributed by atoms with Crippen LogP contribution in [0.15, 0.2) is 24.3 Å². The van der Waals surface area contributed by atoms with Crippen molar-refractivity contribution in [3.63, 3.8) is 0 Å². The second kappa shape index (κ2) is 5.19. The number of sulfonamides is 1. The lowest BCUT2D eigenvalue weighted by Gasteiger charge is -2.06. The molecule has 0 aliphatic rings. The number of nitrogens with one attached hydrogen (secondary N) is 3. The average Bonchev–Trinajstić information content (AvgIpc) is 2.18. The number of rotatable bonds is 5. The molecule has 0 radical (unpaired) electrons. The van der Waals surface area contributed by atoms with Gasteiger partial charge in [0, 0.05) is 0 Å². The summed E-state index contributed by atoms with van der Waals surface area (Å²) < 4.78 is 22.7. The molecule has 0 aliphatic heterocycles. The van der Waals surface area contributed by atoms with E-state index >= 15 is 0 Å². The minimum absolute atomic E-state index is 0.0953.